The van der Waals surface area contributed by atoms with Gasteiger partial charge in [-0.2, -0.15) is 0 Å². The summed E-state index contributed by atoms with van der Waals surface area (Å²) < 4.78 is 27.6. The van der Waals surface area contributed by atoms with Gasteiger partial charge in [-0.15, -0.1) is 0 Å². The van der Waals surface area contributed by atoms with Crippen LogP contribution in [0, 0.1) is 11.6 Å². The maximum Gasteiger partial charge on any atom is 0.160 e. The number of carbonyl (C=O) groups excluding carboxylic acids is 1. The van der Waals surface area contributed by atoms with Crippen LogP contribution in [0.3, 0.4) is 0 Å². The molecule has 0 atom stereocenters. The van der Waals surface area contributed by atoms with Gasteiger partial charge in [0.1, 0.15) is 11.6 Å². The second-order valence-corrected chi connectivity index (χ2v) is 5.27. The number of halogens is 2. The summed E-state index contributed by atoms with van der Waals surface area (Å²) in [6.45, 7) is 0. The van der Waals surface area contributed by atoms with Crippen molar-refractivity contribution in [2.75, 3.05) is 0 Å². The highest BCUT2D eigenvalue weighted by molar-refractivity contribution is 6.11. The molecule has 0 spiro atoms. The lowest BCUT2D eigenvalue weighted by Gasteiger charge is -2.08. The van der Waals surface area contributed by atoms with Crippen molar-refractivity contribution >= 4 is 39.5 Å². The highest BCUT2D eigenvalue weighted by Gasteiger charge is 2.10. The number of benzene rings is 3. The fourth-order valence-corrected chi connectivity index (χ4v) is 2.91. The lowest BCUT2D eigenvalue weighted by molar-refractivity contribution is -0.112. The van der Waals surface area contributed by atoms with Gasteiger partial charge < -0.3 is 0 Å². The third kappa shape index (κ3) is 1.85. The number of rotatable bonds is 0. The van der Waals surface area contributed by atoms with Crippen LogP contribution >= 0.6 is 0 Å². The Bertz CT molecular complexity index is 1050. The highest BCUT2D eigenvalue weighted by atomic mass is 19.1. The van der Waals surface area contributed by atoms with Gasteiger partial charge in [0, 0.05) is 11.8 Å². The van der Waals surface area contributed by atoms with Gasteiger partial charge in [0.15, 0.2) is 5.78 Å². The Kier molecular flexibility index (Phi) is 2.45. The summed E-state index contributed by atoms with van der Waals surface area (Å²) in [6.07, 6.45) is 3.75. The third-order valence-electron chi connectivity index (χ3n) is 3.91. The van der Waals surface area contributed by atoms with E-state index in [1.165, 1.54) is 18.2 Å². The van der Waals surface area contributed by atoms with Gasteiger partial charge >= 0.3 is 0 Å². The summed E-state index contributed by atoms with van der Waals surface area (Å²) >= 11 is 0. The fourth-order valence-electron chi connectivity index (χ4n) is 2.91. The normalized spacial score (nSPS) is 13.9. The summed E-state index contributed by atoms with van der Waals surface area (Å²) in [5, 5.41) is 4.18. The van der Waals surface area contributed by atoms with Crippen molar-refractivity contribution in [2.24, 2.45) is 0 Å². The summed E-state index contributed by atoms with van der Waals surface area (Å²) in [4.78, 5) is 11.5. The Morgan fingerprint density at radius 3 is 2.52 bits per heavy atom. The molecule has 3 aromatic rings. The summed E-state index contributed by atoms with van der Waals surface area (Å²) in [5.74, 6) is -0.771. The molecule has 0 unspecified atom stereocenters. The molecule has 0 radical (unpaired) electrons. The monoisotopic (exact) mass is 280 g/mol. The molecule has 0 saturated heterocycles. The van der Waals surface area contributed by atoms with E-state index in [2.05, 4.69) is 0 Å². The molecule has 1 nitrogen and oxygen atoms in total. The molecule has 0 heterocycles. The van der Waals surface area contributed by atoms with E-state index in [0.29, 0.717) is 17.2 Å². The van der Waals surface area contributed by atoms with Crippen LogP contribution in [-0.2, 0) is 4.79 Å². The van der Waals surface area contributed by atoms with Crippen LogP contribution in [0.1, 0.15) is 6.42 Å². The van der Waals surface area contributed by atoms with Gasteiger partial charge in [0.05, 0.1) is 0 Å². The van der Waals surface area contributed by atoms with E-state index < -0.39 is 5.82 Å². The third-order valence-corrected chi connectivity index (χ3v) is 3.91. The van der Waals surface area contributed by atoms with Crippen molar-refractivity contribution in [3.05, 3.63) is 58.5 Å². The topological polar surface area (TPSA) is 17.1 Å². The number of Topliss-reactive ketones (excluding diaryl/α,β-unsaturated/α-hetero) is 1. The first-order valence-corrected chi connectivity index (χ1v) is 6.68. The molecule has 1 aliphatic carbocycles. The molecule has 1 aliphatic rings. The average Bonchev–Trinajstić information content (AvgIpc) is 2.45. The van der Waals surface area contributed by atoms with Gasteiger partial charge in [0.25, 0.3) is 0 Å². The Balaban J connectivity index is 2.24. The largest absolute Gasteiger partial charge is 0.294 e. The molecule has 3 aromatic carbocycles. The molecule has 0 fully saturated rings. The minimum atomic E-state index is -0.405. The predicted molar refractivity (Wildman–Crippen MR) is 79.2 cm³/mol. The van der Waals surface area contributed by atoms with Crippen molar-refractivity contribution in [2.45, 2.75) is 6.42 Å². The van der Waals surface area contributed by atoms with Gasteiger partial charge in [-0.1, -0.05) is 12.1 Å². The Hall–Kier alpha value is -2.55. The molecule has 4 rings (SSSR count). The SMILES string of the molecule is O=C1C=c2cc3c(F)cc4cc(F)ccc4c3cc2=CC1. The van der Waals surface area contributed by atoms with E-state index in [9.17, 15) is 13.6 Å². The van der Waals surface area contributed by atoms with Crippen molar-refractivity contribution in [3.8, 4) is 0 Å². The van der Waals surface area contributed by atoms with E-state index in [4.69, 9.17) is 0 Å². The average molecular weight is 280 g/mol. The van der Waals surface area contributed by atoms with E-state index in [0.717, 1.165) is 21.2 Å². The molecule has 0 bridgehead atoms. The molecule has 21 heavy (non-hydrogen) atoms. The van der Waals surface area contributed by atoms with Crippen LogP contribution in [0.5, 0.6) is 0 Å². The summed E-state index contributed by atoms with van der Waals surface area (Å²) in [6, 6.07) is 9.26. The zero-order valence-corrected chi connectivity index (χ0v) is 11.0. The van der Waals surface area contributed by atoms with Crippen molar-refractivity contribution in [1.82, 2.24) is 0 Å². The number of fused-ring (bicyclic) bond motifs is 4. The molecule has 0 saturated carbocycles. The quantitative estimate of drug-likeness (QED) is 0.579. The smallest absolute Gasteiger partial charge is 0.160 e. The lowest BCUT2D eigenvalue weighted by atomic mass is 9.97. The van der Waals surface area contributed by atoms with Crippen LogP contribution in [0.15, 0.2) is 36.4 Å². The number of carbonyl (C=O) groups is 1. The molecule has 102 valence electrons. The first-order valence-electron chi connectivity index (χ1n) is 6.68. The maximum atomic E-state index is 14.3. The van der Waals surface area contributed by atoms with Crippen LogP contribution < -0.4 is 10.4 Å². The fraction of sp³-hybridized carbons (Fsp3) is 0.0556. The van der Waals surface area contributed by atoms with E-state index in [1.807, 2.05) is 12.1 Å². The van der Waals surface area contributed by atoms with E-state index >= 15 is 0 Å². The van der Waals surface area contributed by atoms with Gasteiger partial charge in [-0.25, -0.2) is 8.78 Å². The minimum Gasteiger partial charge on any atom is -0.294 e. The van der Waals surface area contributed by atoms with Crippen LogP contribution in [0.25, 0.3) is 33.7 Å². The van der Waals surface area contributed by atoms with Crippen molar-refractivity contribution in [3.63, 3.8) is 0 Å². The molecule has 0 aliphatic heterocycles. The number of ketones is 1. The van der Waals surface area contributed by atoms with E-state index in [-0.39, 0.29) is 11.6 Å². The minimum absolute atomic E-state index is 0.0186. The molecule has 0 amide bonds. The van der Waals surface area contributed by atoms with E-state index in [1.54, 1.807) is 18.2 Å². The molecular formula is C18H10F2O. The standard InChI is InChI=1S/C18H10F2O/c19-13-2-4-15-12(5-13)9-18(20)17-8-11-6-14(21)3-1-10(11)7-16(15)17/h1-2,4-9H,3H2. The van der Waals surface area contributed by atoms with Crippen LogP contribution in [0.4, 0.5) is 8.78 Å². The zero-order valence-electron chi connectivity index (χ0n) is 11.0. The first kappa shape index (κ1) is 12.2. The van der Waals surface area contributed by atoms with Crippen LogP contribution in [-0.4, -0.2) is 5.78 Å². The van der Waals surface area contributed by atoms with Gasteiger partial charge in [-0.05, 0) is 63.0 Å². The van der Waals surface area contributed by atoms with Crippen LogP contribution in [0.2, 0.25) is 0 Å². The predicted octanol–water partition coefficient (Wildman–Crippen LogP) is 2.81. The number of hydrogen-bond acceptors (Lipinski definition) is 1. The molecule has 0 N–H and O–H groups in total. The lowest BCUT2D eigenvalue weighted by Crippen LogP contribution is -2.29. The van der Waals surface area contributed by atoms with Gasteiger partial charge in [-0.3, -0.25) is 4.79 Å². The Labute approximate surface area is 118 Å². The second kappa shape index (κ2) is 4.22. The molecule has 0 aromatic heterocycles. The molecular weight excluding hydrogens is 270 g/mol. The summed E-state index contributed by atoms with van der Waals surface area (Å²) in [5.41, 5.74) is 0. The number of hydrogen-bond donors (Lipinski definition) is 0. The van der Waals surface area contributed by atoms with Crippen molar-refractivity contribution in [1.29, 1.82) is 0 Å². The van der Waals surface area contributed by atoms with Gasteiger partial charge in [0.2, 0.25) is 0 Å². The van der Waals surface area contributed by atoms with Crippen molar-refractivity contribution < 1.29 is 13.6 Å². The zero-order chi connectivity index (χ0) is 14.6. The Morgan fingerprint density at radius 1 is 0.857 bits per heavy atom. The molecule has 3 heteroatoms. The first-order chi connectivity index (χ1) is 10.1. The highest BCUT2D eigenvalue weighted by Crippen LogP contribution is 2.27. The maximum absolute atomic E-state index is 14.3. The summed E-state index contributed by atoms with van der Waals surface area (Å²) in [7, 11) is 0. The second-order valence-electron chi connectivity index (χ2n) is 5.27. The Morgan fingerprint density at radius 2 is 1.67 bits per heavy atom.